The van der Waals surface area contributed by atoms with Crippen LogP contribution in [-0.4, -0.2) is 57.2 Å². The summed E-state index contributed by atoms with van der Waals surface area (Å²) in [5, 5.41) is 16.7. The fourth-order valence-corrected chi connectivity index (χ4v) is 4.81. The Bertz CT molecular complexity index is 1380. The lowest BCUT2D eigenvalue weighted by Crippen LogP contribution is -2.42. The van der Waals surface area contributed by atoms with Gasteiger partial charge in [0.2, 0.25) is 5.88 Å². The number of carbonyl (C=O) groups excluding carboxylic acids is 3. The molecule has 2 fully saturated rings. The number of likely N-dealkylation sites (tertiary alicyclic amines) is 1. The first kappa shape index (κ1) is 26.6. The van der Waals surface area contributed by atoms with Crippen LogP contribution in [0, 0.1) is 5.92 Å². The molecule has 0 spiro atoms. The Labute approximate surface area is 227 Å². The number of aliphatic hydroxyl groups is 1. The lowest BCUT2D eigenvalue weighted by molar-refractivity contribution is -0.134. The number of ketones is 1. The van der Waals surface area contributed by atoms with Crippen LogP contribution in [0.3, 0.4) is 0 Å². The van der Waals surface area contributed by atoms with Gasteiger partial charge < -0.3 is 19.3 Å². The van der Waals surface area contributed by atoms with Crippen LogP contribution in [0.4, 0.5) is 10.7 Å². The van der Waals surface area contributed by atoms with E-state index in [-0.39, 0.29) is 23.5 Å². The van der Waals surface area contributed by atoms with Crippen LogP contribution in [0.25, 0.3) is 22.4 Å². The molecule has 1 aliphatic carbocycles. The number of amides is 2. The average Bonchev–Trinajstić information content (AvgIpc) is 3.50. The van der Waals surface area contributed by atoms with E-state index in [4.69, 9.17) is 9.26 Å². The van der Waals surface area contributed by atoms with E-state index in [1.165, 1.54) is 0 Å². The minimum atomic E-state index is -1.10. The second-order valence-electron chi connectivity index (χ2n) is 11.3. The maximum absolute atomic E-state index is 13.1. The van der Waals surface area contributed by atoms with Crippen LogP contribution in [0.15, 0.2) is 59.1 Å². The van der Waals surface area contributed by atoms with Gasteiger partial charge in [-0.3, -0.25) is 14.9 Å². The van der Waals surface area contributed by atoms with Crippen LogP contribution in [-0.2, 0) is 9.53 Å². The summed E-state index contributed by atoms with van der Waals surface area (Å²) in [6, 6.07) is 16.8. The van der Waals surface area contributed by atoms with Gasteiger partial charge in [-0.05, 0) is 75.8 Å². The van der Waals surface area contributed by atoms with Gasteiger partial charge >= 0.3 is 6.09 Å². The number of anilines is 1. The molecule has 39 heavy (non-hydrogen) atoms. The van der Waals surface area contributed by atoms with E-state index in [2.05, 4.69) is 10.5 Å². The summed E-state index contributed by atoms with van der Waals surface area (Å²) in [7, 11) is 0. The molecule has 1 aliphatic heterocycles. The van der Waals surface area contributed by atoms with E-state index in [0.717, 1.165) is 16.7 Å². The molecule has 9 nitrogen and oxygen atoms in total. The Morgan fingerprint density at radius 3 is 2.31 bits per heavy atom. The molecule has 1 saturated carbocycles. The van der Waals surface area contributed by atoms with Gasteiger partial charge in [-0.25, -0.2) is 4.79 Å². The van der Waals surface area contributed by atoms with Gasteiger partial charge in [0.25, 0.3) is 5.91 Å². The predicted molar refractivity (Wildman–Crippen MR) is 145 cm³/mol. The van der Waals surface area contributed by atoms with Crippen LogP contribution >= 0.6 is 0 Å². The molecule has 3 aromatic rings. The first-order valence-electron chi connectivity index (χ1n) is 13.2. The smallest absolute Gasteiger partial charge is 0.414 e. The molecule has 2 heterocycles. The summed E-state index contributed by atoms with van der Waals surface area (Å²) in [6.07, 6.45) is 1.68. The molecule has 1 saturated heterocycles. The van der Waals surface area contributed by atoms with Crippen LogP contribution in [0.2, 0.25) is 0 Å². The SMILES string of the molecule is CC(C)(C)OC(=O)Nc1cc(-c2cccc(-c3ccc(C(=O)N4CCC(C(=O)C5(O)CC5)CC4)cc3)c2)no1. The first-order valence-corrected chi connectivity index (χ1v) is 13.2. The van der Waals surface area contributed by atoms with E-state index in [1.54, 1.807) is 31.7 Å². The summed E-state index contributed by atoms with van der Waals surface area (Å²) in [5.74, 6) is -0.0873. The second kappa shape index (κ2) is 10.3. The van der Waals surface area contributed by atoms with Gasteiger partial charge in [0.15, 0.2) is 5.78 Å². The Balaban J connectivity index is 1.21. The highest BCUT2D eigenvalue weighted by Gasteiger charge is 2.50. The van der Waals surface area contributed by atoms with E-state index in [1.807, 2.05) is 48.5 Å². The van der Waals surface area contributed by atoms with Crippen molar-refractivity contribution >= 4 is 23.7 Å². The molecule has 0 radical (unpaired) electrons. The summed E-state index contributed by atoms with van der Waals surface area (Å²) in [4.78, 5) is 39.3. The fraction of sp³-hybridized carbons (Fsp3) is 0.400. The minimum absolute atomic E-state index is 0.0534. The Morgan fingerprint density at radius 1 is 1.00 bits per heavy atom. The van der Waals surface area contributed by atoms with E-state index in [0.29, 0.717) is 50.0 Å². The van der Waals surface area contributed by atoms with E-state index in [9.17, 15) is 19.5 Å². The molecule has 9 heteroatoms. The van der Waals surface area contributed by atoms with Gasteiger partial charge in [0.05, 0.1) is 0 Å². The molecule has 2 aliphatic rings. The highest BCUT2D eigenvalue weighted by molar-refractivity contribution is 5.95. The van der Waals surface area contributed by atoms with Gasteiger partial charge in [-0.15, -0.1) is 0 Å². The molecule has 2 aromatic carbocycles. The van der Waals surface area contributed by atoms with Gasteiger partial charge in [-0.1, -0.05) is 35.5 Å². The highest BCUT2D eigenvalue weighted by atomic mass is 16.6. The number of nitrogens with one attached hydrogen (secondary N) is 1. The number of ether oxygens (including phenoxy) is 1. The van der Waals surface area contributed by atoms with E-state index >= 15 is 0 Å². The van der Waals surface area contributed by atoms with Crippen molar-refractivity contribution in [1.29, 1.82) is 0 Å². The van der Waals surface area contributed by atoms with Crippen molar-refractivity contribution in [1.82, 2.24) is 10.1 Å². The summed E-state index contributed by atoms with van der Waals surface area (Å²) >= 11 is 0. The molecule has 0 unspecified atom stereocenters. The number of carbonyl (C=O) groups is 3. The zero-order valence-corrected chi connectivity index (χ0v) is 22.4. The Kier molecular flexibility index (Phi) is 7.03. The van der Waals surface area contributed by atoms with Crippen LogP contribution in [0.5, 0.6) is 0 Å². The number of Topliss-reactive ketones (excluding diaryl/α,β-unsaturated/α-hetero) is 1. The quantitative estimate of drug-likeness (QED) is 0.442. The number of piperidine rings is 1. The predicted octanol–water partition coefficient (Wildman–Crippen LogP) is 5.30. The number of rotatable bonds is 6. The fourth-order valence-electron chi connectivity index (χ4n) is 4.81. The first-order chi connectivity index (χ1) is 18.5. The molecular formula is C30H33N3O6. The topological polar surface area (TPSA) is 122 Å². The molecule has 0 bridgehead atoms. The van der Waals surface area contributed by atoms with Gasteiger partial charge in [0.1, 0.15) is 16.9 Å². The van der Waals surface area contributed by atoms with Gasteiger partial charge in [0, 0.05) is 36.2 Å². The van der Waals surface area contributed by atoms with Crippen molar-refractivity contribution in [3.8, 4) is 22.4 Å². The molecule has 1 aromatic heterocycles. The van der Waals surface area contributed by atoms with Crippen molar-refractivity contribution in [2.75, 3.05) is 18.4 Å². The number of aromatic nitrogens is 1. The van der Waals surface area contributed by atoms with Crippen LogP contribution in [0.1, 0.15) is 56.8 Å². The molecule has 2 N–H and O–H groups in total. The third-order valence-corrected chi connectivity index (χ3v) is 7.09. The van der Waals surface area contributed by atoms with Gasteiger partial charge in [-0.2, -0.15) is 0 Å². The zero-order chi connectivity index (χ0) is 27.8. The summed E-state index contributed by atoms with van der Waals surface area (Å²) < 4.78 is 10.5. The highest BCUT2D eigenvalue weighted by Crippen LogP contribution is 2.40. The summed E-state index contributed by atoms with van der Waals surface area (Å²) in [5.41, 5.74) is 2.11. The van der Waals surface area contributed by atoms with E-state index < -0.39 is 17.3 Å². The lowest BCUT2D eigenvalue weighted by atomic mass is 9.88. The van der Waals surface area contributed by atoms with Crippen molar-refractivity contribution in [3.63, 3.8) is 0 Å². The standard InChI is InChI=1S/C30H33N3O6/c1-29(2,3)38-28(36)31-25-18-24(32-39-25)23-6-4-5-22(17-23)19-7-9-21(10-8-19)27(35)33-15-11-20(12-16-33)26(34)30(37)13-14-30/h4-10,17-18,20,37H,11-16H2,1-3H3,(H,31,36). The Hall–Kier alpha value is -3.98. The molecule has 2 amide bonds. The van der Waals surface area contributed by atoms with Crippen LogP contribution < -0.4 is 5.32 Å². The van der Waals surface area contributed by atoms with Crippen molar-refractivity contribution in [3.05, 3.63) is 60.2 Å². The largest absolute Gasteiger partial charge is 0.444 e. The third kappa shape index (κ3) is 6.20. The monoisotopic (exact) mass is 531 g/mol. The van der Waals surface area contributed by atoms with Crippen molar-refractivity contribution in [2.45, 2.75) is 57.7 Å². The maximum atomic E-state index is 13.1. The Morgan fingerprint density at radius 2 is 1.67 bits per heavy atom. The number of hydrogen-bond acceptors (Lipinski definition) is 7. The third-order valence-electron chi connectivity index (χ3n) is 7.09. The summed E-state index contributed by atoms with van der Waals surface area (Å²) in [6.45, 7) is 6.36. The number of benzene rings is 2. The molecule has 5 rings (SSSR count). The zero-order valence-electron chi connectivity index (χ0n) is 22.4. The number of hydrogen-bond donors (Lipinski definition) is 2. The molecule has 0 atom stereocenters. The average molecular weight is 532 g/mol. The normalized spacial score (nSPS) is 17.0. The number of nitrogens with zero attached hydrogens (tertiary/aromatic N) is 2. The minimum Gasteiger partial charge on any atom is -0.444 e. The second-order valence-corrected chi connectivity index (χ2v) is 11.3. The lowest BCUT2D eigenvalue weighted by Gasteiger charge is -2.32. The van der Waals surface area contributed by atoms with Crippen molar-refractivity contribution in [2.24, 2.45) is 5.92 Å². The molecular weight excluding hydrogens is 498 g/mol. The van der Waals surface area contributed by atoms with Crippen molar-refractivity contribution < 1.29 is 28.8 Å². The maximum Gasteiger partial charge on any atom is 0.414 e. The molecule has 204 valence electrons.